The van der Waals surface area contributed by atoms with Crippen LogP contribution in [0.2, 0.25) is 0 Å². The molecule has 1 aliphatic rings. The number of amides is 1. The van der Waals surface area contributed by atoms with Gasteiger partial charge in [0.05, 0.1) is 33.9 Å². The Morgan fingerprint density at radius 3 is 2.59 bits per heavy atom. The number of rotatable bonds is 8. The number of ether oxygens (including phenoxy) is 3. The number of nitrogens with zero attached hydrogens (tertiary/aromatic N) is 2. The zero-order valence-corrected chi connectivity index (χ0v) is 17.7. The maximum atomic E-state index is 13.0. The molecule has 0 spiro atoms. The summed E-state index contributed by atoms with van der Waals surface area (Å²) in [5.74, 6) is 2.37. The SMILES string of the molecule is COc1cccc(CN(C)CC(=O)N2CCCC2c2ccc(OC)c(OC)c2)c1. The molecule has 1 atom stereocenters. The molecule has 0 radical (unpaired) electrons. The Morgan fingerprint density at radius 2 is 1.86 bits per heavy atom. The van der Waals surface area contributed by atoms with Gasteiger partial charge < -0.3 is 19.1 Å². The number of likely N-dealkylation sites (N-methyl/N-ethyl adjacent to an activating group) is 1. The first-order valence-electron chi connectivity index (χ1n) is 9.88. The molecular formula is C23H30N2O4. The molecule has 0 aromatic heterocycles. The van der Waals surface area contributed by atoms with Crippen molar-refractivity contribution >= 4 is 5.91 Å². The minimum absolute atomic E-state index is 0.0764. The molecule has 6 nitrogen and oxygen atoms in total. The fourth-order valence-electron chi connectivity index (χ4n) is 3.93. The zero-order chi connectivity index (χ0) is 20.8. The second-order valence-electron chi connectivity index (χ2n) is 7.38. The van der Waals surface area contributed by atoms with Gasteiger partial charge in [0, 0.05) is 13.1 Å². The summed E-state index contributed by atoms with van der Waals surface area (Å²) in [7, 11) is 6.89. The highest BCUT2D eigenvalue weighted by Gasteiger charge is 2.30. The highest BCUT2D eigenvalue weighted by Crippen LogP contribution is 2.37. The maximum Gasteiger partial charge on any atom is 0.237 e. The smallest absolute Gasteiger partial charge is 0.237 e. The van der Waals surface area contributed by atoms with Crippen molar-refractivity contribution in [2.45, 2.75) is 25.4 Å². The monoisotopic (exact) mass is 398 g/mol. The molecule has 2 aromatic rings. The van der Waals surface area contributed by atoms with Gasteiger partial charge in [-0.15, -0.1) is 0 Å². The molecule has 1 saturated heterocycles. The quantitative estimate of drug-likeness (QED) is 0.681. The molecule has 1 heterocycles. The normalized spacial score (nSPS) is 16.2. The van der Waals surface area contributed by atoms with Crippen LogP contribution in [0.4, 0.5) is 0 Å². The van der Waals surface area contributed by atoms with Crippen LogP contribution in [0.15, 0.2) is 42.5 Å². The first kappa shape index (κ1) is 21.0. The fraction of sp³-hybridized carbons (Fsp3) is 0.435. The summed E-state index contributed by atoms with van der Waals surface area (Å²) < 4.78 is 16.1. The number of likely N-dealkylation sites (tertiary alicyclic amines) is 1. The Bertz CT molecular complexity index is 839. The van der Waals surface area contributed by atoms with E-state index in [2.05, 4.69) is 0 Å². The van der Waals surface area contributed by atoms with Crippen molar-refractivity contribution in [1.82, 2.24) is 9.80 Å². The molecule has 2 aromatic carbocycles. The molecule has 156 valence electrons. The van der Waals surface area contributed by atoms with E-state index in [0.29, 0.717) is 24.6 Å². The average molecular weight is 399 g/mol. The van der Waals surface area contributed by atoms with Crippen molar-refractivity contribution in [2.24, 2.45) is 0 Å². The third-order valence-corrected chi connectivity index (χ3v) is 5.36. The molecule has 0 aliphatic carbocycles. The molecule has 0 bridgehead atoms. The van der Waals surface area contributed by atoms with Crippen LogP contribution in [0, 0.1) is 0 Å². The van der Waals surface area contributed by atoms with Crippen LogP contribution in [-0.2, 0) is 11.3 Å². The van der Waals surface area contributed by atoms with Gasteiger partial charge in [-0.2, -0.15) is 0 Å². The van der Waals surface area contributed by atoms with E-state index in [0.717, 1.165) is 36.3 Å². The molecule has 1 unspecified atom stereocenters. The Kier molecular flexibility index (Phi) is 6.99. The van der Waals surface area contributed by atoms with Crippen LogP contribution in [0.25, 0.3) is 0 Å². The third-order valence-electron chi connectivity index (χ3n) is 5.36. The van der Waals surface area contributed by atoms with Crippen LogP contribution >= 0.6 is 0 Å². The highest BCUT2D eigenvalue weighted by molar-refractivity contribution is 5.79. The first-order chi connectivity index (χ1) is 14.0. The maximum absolute atomic E-state index is 13.0. The lowest BCUT2D eigenvalue weighted by molar-refractivity contribution is -0.133. The highest BCUT2D eigenvalue weighted by atomic mass is 16.5. The van der Waals surface area contributed by atoms with E-state index >= 15 is 0 Å². The topological polar surface area (TPSA) is 51.2 Å². The Labute approximate surface area is 173 Å². The van der Waals surface area contributed by atoms with Gasteiger partial charge in [0.15, 0.2) is 11.5 Å². The molecule has 1 aliphatic heterocycles. The predicted molar refractivity (Wildman–Crippen MR) is 113 cm³/mol. The lowest BCUT2D eigenvalue weighted by atomic mass is 10.0. The van der Waals surface area contributed by atoms with Gasteiger partial charge in [0.25, 0.3) is 0 Å². The minimum Gasteiger partial charge on any atom is -0.497 e. The van der Waals surface area contributed by atoms with E-state index in [9.17, 15) is 4.79 Å². The van der Waals surface area contributed by atoms with E-state index in [1.54, 1.807) is 21.3 Å². The summed E-state index contributed by atoms with van der Waals surface area (Å²) >= 11 is 0. The van der Waals surface area contributed by atoms with E-state index in [4.69, 9.17) is 14.2 Å². The molecule has 0 N–H and O–H groups in total. The largest absolute Gasteiger partial charge is 0.497 e. The number of methoxy groups -OCH3 is 3. The summed E-state index contributed by atoms with van der Waals surface area (Å²) in [6.07, 6.45) is 1.96. The summed E-state index contributed by atoms with van der Waals surface area (Å²) in [4.78, 5) is 17.1. The number of benzene rings is 2. The Balaban J connectivity index is 1.66. The van der Waals surface area contributed by atoms with Gasteiger partial charge in [-0.1, -0.05) is 18.2 Å². The second-order valence-corrected chi connectivity index (χ2v) is 7.38. The first-order valence-corrected chi connectivity index (χ1v) is 9.88. The third kappa shape index (κ3) is 5.01. The predicted octanol–water partition coefficient (Wildman–Crippen LogP) is 3.51. The van der Waals surface area contributed by atoms with E-state index in [-0.39, 0.29) is 11.9 Å². The molecular weight excluding hydrogens is 368 g/mol. The van der Waals surface area contributed by atoms with Gasteiger partial charge in [0.2, 0.25) is 5.91 Å². The van der Waals surface area contributed by atoms with Crippen molar-refractivity contribution in [3.63, 3.8) is 0 Å². The number of hydrogen-bond acceptors (Lipinski definition) is 5. The van der Waals surface area contributed by atoms with Crippen LogP contribution in [0.5, 0.6) is 17.2 Å². The van der Waals surface area contributed by atoms with Crippen molar-refractivity contribution in [3.05, 3.63) is 53.6 Å². The molecule has 29 heavy (non-hydrogen) atoms. The summed E-state index contributed by atoms with van der Waals surface area (Å²) in [6.45, 7) is 1.85. The minimum atomic E-state index is 0.0764. The Hall–Kier alpha value is -2.73. The standard InChI is InChI=1S/C23H30N2O4/c1-24(15-17-7-5-8-19(13-17)27-2)16-23(26)25-12-6-9-20(25)18-10-11-21(28-3)22(14-18)29-4/h5,7-8,10-11,13-14,20H,6,9,12,15-16H2,1-4H3. The summed E-state index contributed by atoms with van der Waals surface area (Å²) in [5, 5.41) is 0. The van der Waals surface area contributed by atoms with Gasteiger partial charge in [-0.05, 0) is 55.3 Å². The van der Waals surface area contributed by atoms with Gasteiger partial charge in [-0.3, -0.25) is 9.69 Å². The van der Waals surface area contributed by atoms with Crippen molar-refractivity contribution in [2.75, 3.05) is 41.5 Å². The number of carbonyl (C=O) groups excluding carboxylic acids is 1. The van der Waals surface area contributed by atoms with E-state index in [1.165, 1.54) is 0 Å². The van der Waals surface area contributed by atoms with Gasteiger partial charge in [0.1, 0.15) is 5.75 Å². The number of hydrogen-bond donors (Lipinski definition) is 0. The average Bonchev–Trinajstić information content (AvgIpc) is 3.23. The molecule has 6 heteroatoms. The number of carbonyl (C=O) groups is 1. The van der Waals surface area contributed by atoms with Gasteiger partial charge in [-0.25, -0.2) is 0 Å². The fourth-order valence-corrected chi connectivity index (χ4v) is 3.93. The zero-order valence-electron chi connectivity index (χ0n) is 17.7. The van der Waals surface area contributed by atoms with Crippen molar-refractivity contribution < 1.29 is 19.0 Å². The molecule has 1 amide bonds. The molecule has 3 rings (SSSR count). The molecule has 1 fully saturated rings. The lowest BCUT2D eigenvalue weighted by Crippen LogP contribution is -2.38. The van der Waals surface area contributed by atoms with E-state index in [1.807, 2.05) is 59.3 Å². The van der Waals surface area contributed by atoms with Crippen LogP contribution < -0.4 is 14.2 Å². The van der Waals surface area contributed by atoms with Crippen LogP contribution in [0.3, 0.4) is 0 Å². The molecule has 0 saturated carbocycles. The lowest BCUT2D eigenvalue weighted by Gasteiger charge is -2.28. The van der Waals surface area contributed by atoms with Crippen LogP contribution in [-0.4, -0.2) is 57.2 Å². The summed E-state index contributed by atoms with van der Waals surface area (Å²) in [6, 6.07) is 13.9. The Morgan fingerprint density at radius 1 is 1.07 bits per heavy atom. The van der Waals surface area contributed by atoms with Crippen molar-refractivity contribution in [3.8, 4) is 17.2 Å². The van der Waals surface area contributed by atoms with Gasteiger partial charge >= 0.3 is 0 Å². The van der Waals surface area contributed by atoms with Crippen LogP contribution in [0.1, 0.15) is 30.0 Å². The van der Waals surface area contributed by atoms with E-state index < -0.39 is 0 Å². The van der Waals surface area contributed by atoms with Crippen molar-refractivity contribution in [1.29, 1.82) is 0 Å². The summed E-state index contributed by atoms with van der Waals surface area (Å²) in [5.41, 5.74) is 2.21. The second kappa shape index (κ2) is 9.65.